The molecule has 2 aromatic carbocycles. The highest BCUT2D eigenvalue weighted by Gasteiger charge is 2.31. The maximum Gasteiger partial charge on any atom is 0.262 e. The Hall–Kier alpha value is -3.07. The number of ether oxygens (including phenoxy) is 1. The molecule has 2 amide bonds. The number of hydrogen-bond acceptors (Lipinski definition) is 6. The molecule has 1 aliphatic heterocycles. The molecule has 1 heterocycles. The van der Waals surface area contributed by atoms with E-state index in [0.717, 1.165) is 6.26 Å². The number of hydrogen-bond donors (Lipinski definition) is 2. The summed E-state index contributed by atoms with van der Waals surface area (Å²) in [5.74, 6) is -0.183. The second kappa shape index (κ2) is 7.89. The average molecular weight is 403 g/mol. The molecule has 0 aliphatic carbocycles. The summed E-state index contributed by atoms with van der Waals surface area (Å²) in [4.78, 5) is 26.4. The van der Waals surface area contributed by atoms with Crippen LogP contribution in [0.25, 0.3) is 0 Å². The van der Waals surface area contributed by atoms with E-state index in [1.165, 1.54) is 19.2 Å². The van der Waals surface area contributed by atoms with Gasteiger partial charge in [0.05, 0.1) is 29.4 Å². The van der Waals surface area contributed by atoms with Crippen LogP contribution < -0.4 is 20.3 Å². The number of nitrogens with one attached hydrogen (secondary N) is 2. The van der Waals surface area contributed by atoms with Crippen molar-refractivity contribution in [3.05, 3.63) is 48.5 Å². The Morgan fingerprint density at radius 2 is 1.82 bits per heavy atom. The molecule has 0 unspecified atom stereocenters. The van der Waals surface area contributed by atoms with Crippen LogP contribution in [0.1, 0.15) is 0 Å². The minimum absolute atomic E-state index is 0.0500. The lowest BCUT2D eigenvalue weighted by Gasteiger charge is -2.35. The smallest absolute Gasteiger partial charge is 0.262 e. The first-order valence-electron chi connectivity index (χ1n) is 8.61. The highest BCUT2D eigenvalue weighted by molar-refractivity contribution is 7.90. The predicted molar refractivity (Wildman–Crippen MR) is 105 cm³/mol. The number of anilines is 2. The Morgan fingerprint density at radius 3 is 2.54 bits per heavy atom. The lowest BCUT2D eigenvalue weighted by Crippen LogP contribution is -2.50. The minimum atomic E-state index is -3.49. The fourth-order valence-corrected chi connectivity index (χ4v) is 3.85. The average Bonchev–Trinajstić information content (AvgIpc) is 2.66. The highest BCUT2D eigenvalue weighted by Crippen LogP contribution is 2.33. The summed E-state index contributed by atoms with van der Waals surface area (Å²) in [7, 11) is -1.97. The number of rotatable bonds is 5. The molecule has 28 heavy (non-hydrogen) atoms. The van der Waals surface area contributed by atoms with Gasteiger partial charge in [-0.15, -0.1) is 0 Å². The first kappa shape index (κ1) is 19.7. The van der Waals surface area contributed by atoms with Crippen molar-refractivity contribution in [2.45, 2.75) is 11.0 Å². The van der Waals surface area contributed by atoms with Crippen LogP contribution in [-0.4, -0.2) is 52.7 Å². The fourth-order valence-electron chi connectivity index (χ4n) is 3.01. The molecule has 0 aromatic heterocycles. The molecule has 0 fully saturated rings. The zero-order valence-corrected chi connectivity index (χ0v) is 16.3. The van der Waals surface area contributed by atoms with E-state index in [2.05, 4.69) is 10.6 Å². The first-order valence-corrected chi connectivity index (χ1v) is 10.5. The maximum atomic E-state index is 12.6. The van der Waals surface area contributed by atoms with Crippen molar-refractivity contribution < 1.29 is 22.7 Å². The predicted octanol–water partition coefficient (Wildman–Crippen LogP) is 1.04. The third kappa shape index (κ3) is 4.25. The molecule has 2 aromatic rings. The van der Waals surface area contributed by atoms with E-state index in [9.17, 15) is 18.0 Å². The lowest BCUT2D eigenvalue weighted by atomic mass is 10.1. The standard InChI is InChI=1S/C19H21N3O5S/c1-20-19(24)16-11-22(14-8-4-5-9-15(14)27-16)12-18(23)21-13-7-3-6-10-17(13)28(2,25)26/h3-10,16H,11-12H2,1-2H3,(H,20,24)(H,21,23)/t16-/m0/s1. The summed E-state index contributed by atoms with van der Waals surface area (Å²) in [6, 6.07) is 13.3. The molecule has 0 radical (unpaired) electrons. The Balaban J connectivity index is 1.81. The number of nitrogens with zero attached hydrogens (tertiary/aromatic N) is 1. The van der Waals surface area contributed by atoms with E-state index in [1.807, 2.05) is 6.07 Å². The first-order chi connectivity index (χ1) is 13.3. The van der Waals surface area contributed by atoms with E-state index < -0.39 is 21.8 Å². The largest absolute Gasteiger partial charge is 0.477 e. The minimum Gasteiger partial charge on any atom is -0.477 e. The molecule has 0 saturated carbocycles. The molecular weight excluding hydrogens is 382 g/mol. The topological polar surface area (TPSA) is 105 Å². The molecule has 8 nitrogen and oxygen atoms in total. The van der Waals surface area contributed by atoms with Crippen LogP contribution in [0, 0.1) is 0 Å². The molecule has 0 spiro atoms. The van der Waals surface area contributed by atoms with Crippen molar-refractivity contribution in [1.82, 2.24) is 5.32 Å². The fraction of sp³-hybridized carbons (Fsp3) is 0.263. The third-order valence-corrected chi connectivity index (χ3v) is 5.45. The van der Waals surface area contributed by atoms with Crippen LogP contribution >= 0.6 is 0 Å². The van der Waals surface area contributed by atoms with Gasteiger partial charge in [-0.1, -0.05) is 24.3 Å². The van der Waals surface area contributed by atoms with Crippen LogP contribution in [0.15, 0.2) is 53.4 Å². The van der Waals surface area contributed by atoms with Crippen molar-refractivity contribution in [2.24, 2.45) is 0 Å². The van der Waals surface area contributed by atoms with Crippen molar-refractivity contribution in [2.75, 3.05) is 36.6 Å². The van der Waals surface area contributed by atoms with E-state index in [1.54, 1.807) is 35.2 Å². The normalized spacial score (nSPS) is 15.9. The second-order valence-corrected chi connectivity index (χ2v) is 8.37. The monoisotopic (exact) mass is 403 g/mol. The quantitative estimate of drug-likeness (QED) is 0.773. The Bertz CT molecular complexity index is 1010. The zero-order chi connectivity index (χ0) is 20.3. The molecule has 3 rings (SSSR count). The molecule has 2 N–H and O–H groups in total. The third-order valence-electron chi connectivity index (χ3n) is 4.30. The van der Waals surface area contributed by atoms with Gasteiger partial charge < -0.3 is 20.3 Å². The van der Waals surface area contributed by atoms with Gasteiger partial charge in [-0.2, -0.15) is 0 Å². The number of carbonyl (C=O) groups excluding carboxylic acids is 2. The van der Waals surface area contributed by atoms with Gasteiger partial charge in [-0.05, 0) is 24.3 Å². The van der Waals surface area contributed by atoms with Crippen molar-refractivity contribution in [1.29, 1.82) is 0 Å². The Kier molecular flexibility index (Phi) is 5.55. The SMILES string of the molecule is CNC(=O)[C@@H]1CN(CC(=O)Nc2ccccc2S(C)(=O)=O)c2ccccc2O1. The van der Waals surface area contributed by atoms with E-state index in [0.29, 0.717) is 11.4 Å². The summed E-state index contributed by atoms with van der Waals surface area (Å²) in [5.41, 5.74) is 0.911. The number of carbonyl (C=O) groups is 2. The molecule has 0 saturated heterocycles. The van der Waals surface area contributed by atoms with Crippen LogP contribution in [0.3, 0.4) is 0 Å². The number of fused-ring (bicyclic) bond motifs is 1. The van der Waals surface area contributed by atoms with E-state index >= 15 is 0 Å². The van der Waals surface area contributed by atoms with Crippen LogP contribution in [-0.2, 0) is 19.4 Å². The van der Waals surface area contributed by atoms with Crippen molar-refractivity contribution >= 4 is 33.0 Å². The molecule has 9 heteroatoms. The van der Waals surface area contributed by atoms with E-state index in [-0.39, 0.29) is 29.6 Å². The Morgan fingerprint density at radius 1 is 1.14 bits per heavy atom. The second-order valence-electron chi connectivity index (χ2n) is 6.39. The van der Waals surface area contributed by atoms with Crippen LogP contribution in [0.2, 0.25) is 0 Å². The van der Waals surface area contributed by atoms with Gasteiger partial charge in [-0.3, -0.25) is 9.59 Å². The molecule has 1 atom stereocenters. The van der Waals surface area contributed by atoms with Crippen LogP contribution in [0.5, 0.6) is 5.75 Å². The lowest BCUT2D eigenvalue weighted by molar-refractivity contribution is -0.127. The number of para-hydroxylation sites is 3. The van der Waals surface area contributed by atoms with Gasteiger partial charge >= 0.3 is 0 Å². The van der Waals surface area contributed by atoms with Crippen molar-refractivity contribution in [3.63, 3.8) is 0 Å². The number of amides is 2. The summed E-state index contributed by atoms with van der Waals surface area (Å²) >= 11 is 0. The number of sulfone groups is 1. The highest BCUT2D eigenvalue weighted by atomic mass is 32.2. The van der Waals surface area contributed by atoms with Crippen LogP contribution in [0.4, 0.5) is 11.4 Å². The van der Waals surface area contributed by atoms with Gasteiger partial charge in [0, 0.05) is 13.3 Å². The summed E-state index contributed by atoms with van der Waals surface area (Å²) in [6.45, 7) is 0.129. The van der Waals surface area contributed by atoms with E-state index in [4.69, 9.17) is 4.74 Å². The Labute approximate surface area is 163 Å². The van der Waals surface area contributed by atoms with Gasteiger partial charge in [0.1, 0.15) is 5.75 Å². The summed E-state index contributed by atoms with van der Waals surface area (Å²) in [5, 5.41) is 5.20. The van der Waals surface area contributed by atoms with Gasteiger partial charge in [0.15, 0.2) is 15.9 Å². The number of benzene rings is 2. The molecular formula is C19H21N3O5S. The summed E-state index contributed by atoms with van der Waals surface area (Å²) in [6.07, 6.45) is 0.334. The molecule has 1 aliphatic rings. The maximum absolute atomic E-state index is 12.6. The van der Waals surface area contributed by atoms with Gasteiger partial charge in [0.2, 0.25) is 5.91 Å². The molecule has 0 bridgehead atoms. The van der Waals surface area contributed by atoms with Crippen molar-refractivity contribution in [3.8, 4) is 5.75 Å². The number of likely N-dealkylation sites (N-methyl/N-ethyl adjacent to an activating group) is 1. The van der Waals surface area contributed by atoms with Gasteiger partial charge in [0.25, 0.3) is 5.91 Å². The molecule has 148 valence electrons. The zero-order valence-electron chi connectivity index (χ0n) is 15.5. The summed E-state index contributed by atoms with van der Waals surface area (Å²) < 4.78 is 29.5. The van der Waals surface area contributed by atoms with Gasteiger partial charge in [-0.25, -0.2) is 8.42 Å².